The number of carbonyl (C=O) groups is 3. The monoisotopic (exact) mass is 430 g/mol. The van der Waals surface area contributed by atoms with Crippen LogP contribution in [0.1, 0.15) is 39.5 Å². The van der Waals surface area contributed by atoms with Crippen molar-refractivity contribution in [1.82, 2.24) is 0 Å². The Balaban J connectivity index is -0.000000241. The third kappa shape index (κ3) is 25.5. The molecule has 0 atom stereocenters. The van der Waals surface area contributed by atoms with Gasteiger partial charge in [-0.05, 0) is 12.8 Å². The molecule has 7 nitrogen and oxygen atoms in total. The van der Waals surface area contributed by atoms with Crippen LogP contribution in [0.4, 0.5) is 14.4 Å². The molecule has 0 amide bonds. The summed E-state index contributed by atoms with van der Waals surface area (Å²) in [6.07, 6.45) is -0.877. The third-order valence-corrected chi connectivity index (χ3v) is 1.77. The summed E-state index contributed by atoms with van der Waals surface area (Å²) in [6.45, 7) is 4.11. The molecule has 120 valence electrons. The molecule has 0 spiro atoms. The fourth-order valence-electron chi connectivity index (χ4n) is 0.816. The maximum absolute atomic E-state index is 10.9. The molecule has 0 unspecified atom stereocenters. The topological polar surface area (TPSA) is 88.1 Å². The molecular formula is C11H26Ca4O7. The van der Waals surface area contributed by atoms with Gasteiger partial charge in [0, 0.05) is 0 Å². The Morgan fingerprint density at radius 2 is 0.955 bits per heavy atom. The van der Waals surface area contributed by atoms with E-state index in [1.54, 1.807) is 0 Å². The maximum atomic E-state index is 10.9. The fourth-order valence-corrected chi connectivity index (χ4v) is 0.816. The van der Waals surface area contributed by atoms with Crippen molar-refractivity contribution in [2.75, 3.05) is 13.2 Å². The Morgan fingerprint density at radius 3 is 1.23 bits per heavy atom. The van der Waals surface area contributed by atoms with Crippen LogP contribution < -0.4 is 0 Å². The van der Waals surface area contributed by atoms with Crippen molar-refractivity contribution in [3.63, 3.8) is 0 Å². The molecule has 0 rings (SSSR count). The SMILES string of the molecule is CCCCOC(=O)OC(=O)OC(=O)OCCCC.[CaH2].[CaH2].[CaH2].[CaH2]. The zero-order valence-electron chi connectivity index (χ0n) is 10.6. The summed E-state index contributed by atoms with van der Waals surface area (Å²) in [5, 5.41) is 0. The van der Waals surface area contributed by atoms with Crippen LogP contribution in [-0.4, -0.2) is 183 Å². The molecule has 0 heterocycles. The van der Waals surface area contributed by atoms with Gasteiger partial charge in [0.25, 0.3) is 0 Å². The van der Waals surface area contributed by atoms with Gasteiger partial charge in [0.1, 0.15) is 0 Å². The molecule has 0 aliphatic carbocycles. The first kappa shape index (κ1) is 36.2. The van der Waals surface area contributed by atoms with Gasteiger partial charge in [0.15, 0.2) is 0 Å². The van der Waals surface area contributed by atoms with E-state index < -0.39 is 18.5 Å². The quantitative estimate of drug-likeness (QED) is 0.239. The van der Waals surface area contributed by atoms with Gasteiger partial charge in [-0.3, -0.25) is 0 Å². The summed E-state index contributed by atoms with van der Waals surface area (Å²) < 4.78 is 17.1. The van der Waals surface area contributed by atoms with Crippen LogP contribution in [0.2, 0.25) is 0 Å². The van der Waals surface area contributed by atoms with Crippen molar-refractivity contribution in [3.05, 3.63) is 0 Å². The van der Waals surface area contributed by atoms with Crippen LogP contribution in [0.3, 0.4) is 0 Å². The number of carbonyl (C=O) groups excluding carboxylic acids is 3. The average molecular weight is 431 g/mol. The number of unbranched alkanes of at least 4 members (excludes halogenated alkanes) is 2. The molecule has 0 fully saturated rings. The van der Waals surface area contributed by atoms with Gasteiger partial charge in [-0.15, -0.1) is 0 Å². The number of hydrogen-bond donors (Lipinski definition) is 0. The molecule has 0 saturated heterocycles. The van der Waals surface area contributed by atoms with E-state index >= 15 is 0 Å². The van der Waals surface area contributed by atoms with E-state index in [0.29, 0.717) is 12.8 Å². The van der Waals surface area contributed by atoms with Gasteiger partial charge in [-0.1, -0.05) is 26.7 Å². The second kappa shape index (κ2) is 26.5. The predicted molar refractivity (Wildman–Crippen MR) is 94.3 cm³/mol. The Labute approximate surface area is 250 Å². The molecule has 0 aliphatic rings. The van der Waals surface area contributed by atoms with Crippen molar-refractivity contribution in [2.45, 2.75) is 39.5 Å². The molecule has 0 N–H and O–H groups in total. The van der Waals surface area contributed by atoms with E-state index in [9.17, 15) is 14.4 Å². The first-order chi connectivity index (χ1) is 8.60. The number of hydrogen-bond acceptors (Lipinski definition) is 7. The molecule has 0 aliphatic heterocycles. The van der Waals surface area contributed by atoms with Gasteiger partial charge in [-0.2, -0.15) is 0 Å². The standard InChI is InChI=1S/C11H18O7.4Ca.8H/c1-3-5-7-15-9(12)17-11(14)18-10(13)16-8-6-4-2;;;;;;;;;;;;/h3-8H2,1-2H3;;;;;;;;;;;;. The van der Waals surface area contributed by atoms with Crippen molar-refractivity contribution < 1.29 is 33.3 Å². The molecule has 11 heteroatoms. The van der Waals surface area contributed by atoms with Crippen LogP contribution in [0.5, 0.6) is 0 Å². The van der Waals surface area contributed by atoms with E-state index in [1.165, 1.54) is 0 Å². The van der Waals surface area contributed by atoms with Gasteiger partial charge >= 0.3 is 169 Å². The van der Waals surface area contributed by atoms with E-state index in [2.05, 4.69) is 18.9 Å². The molecule has 0 saturated carbocycles. The normalized spacial score (nSPS) is 7.73. The van der Waals surface area contributed by atoms with Gasteiger partial charge in [0.2, 0.25) is 0 Å². The molecule has 0 bridgehead atoms. The van der Waals surface area contributed by atoms with Gasteiger partial charge in [0.05, 0.1) is 13.2 Å². The molecule has 0 aromatic carbocycles. The second-order valence-corrected chi connectivity index (χ2v) is 3.36. The molecular weight excluding hydrogens is 404 g/mol. The van der Waals surface area contributed by atoms with Crippen molar-refractivity contribution >= 4 is 169 Å². The first-order valence-electron chi connectivity index (χ1n) is 5.83. The third-order valence-electron chi connectivity index (χ3n) is 1.77. The summed E-state index contributed by atoms with van der Waals surface area (Å²) in [4.78, 5) is 32.6. The Hall–Kier alpha value is 3.25. The average Bonchev–Trinajstić information content (AvgIpc) is 2.29. The first-order valence-corrected chi connectivity index (χ1v) is 5.83. The fraction of sp³-hybridized carbons (Fsp3) is 0.727. The summed E-state index contributed by atoms with van der Waals surface area (Å²) in [7, 11) is 0. The molecule has 0 aromatic rings. The minimum atomic E-state index is -1.46. The van der Waals surface area contributed by atoms with E-state index in [-0.39, 0.29) is 164 Å². The van der Waals surface area contributed by atoms with Crippen molar-refractivity contribution in [2.24, 2.45) is 0 Å². The number of ether oxygens (including phenoxy) is 4. The van der Waals surface area contributed by atoms with Crippen molar-refractivity contribution in [3.8, 4) is 0 Å². The summed E-state index contributed by atoms with van der Waals surface area (Å²) in [5.41, 5.74) is 0. The second-order valence-electron chi connectivity index (χ2n) is 3.36. The molecule has 0 radical (unpaired) electrons. The summed E-state index contributed by atoms with van der Waals surface area (Å²) in [6, 6.07) is 0. The Kier molecular flexibility index (Phi) is 43.6. The Morgan fingerprint density at radius 1 is 0.636 bits per heavy atom. The number of rotatable bonds is 6. The van der Waals surface area contributed by atoms with Crippen LogP contribution in [0.25, 0.3) is 0 Å². The Bertz CT molecular complexity index is 264. The van der Waals surface area contributed by atoms with Crippen LogP contribution in [0, 0.1) is 0 Å². The molecule has 0 aromatic heterocycles. The van der Waals surface area contributed by atoms with Crippen LogP contribution in [-0.2, 0) is 18.9 Å². The van der Waals surface area contributed by atoms with Gasteiger partial charge in [-0.25, -0.2) is 14.4 Å². The zero-order valence-corrected chi connectivity index (χ0v) is 10.6. The van der Waals surface area contributed by atoms with Crippen molar-refractivity contribution in [1.29, 1.82) is 0 Å². The zero-order chi connectivity index (χ0) is 13.8. The van der Waals surface area contributed by atoms with E-state index in [4.69, 9.17) is 0 Å². The minimum absolute atomic E-state index is 0. The molecule has 22 heavy (non-hydrogen) atoms. The van der Waals surface area contributed by atoms with E-state index in [1.807, 2.05) is 13.8 Å². The van der Waals surface area contributed by atoms with E-state index in [0.717, 1.165) is 12.8 Å². The summed E-state index contributed by atoms with van der Waals surface area (Å²) >= 11 is 0. The summed E-state index contributed by atoms with van der Waals surface area (Å²) in [5.74, 6) is 0. The predicted octanol–water partition coefficient (Wildman–Crippen LogP) is -0.652. The van der Waals surface area contributed by atoms with Gasteiger partial charge < -0.3 is 18.9 Å². The van der Waals surface area contributed by atoms with Crippen LogP contribution >= 0.6 is 0 Å². The van der Waals surface area contributed by atoms with Crippen LogP contribution in [0.15, 0.2) is 0 Å².